The van der Waals surface area contributed by atoms with E-state index in [4.69, 9.17) is 6.42 Å². The molecule has 0 atom stereocenters. The van der Waals surface area contributed by atoms with Gasteiger partial charge in [0.25, 0.3) is 0 Å². The number of hydrogen-bond donors (Lipinski definition) is 2. The number of hydrogen-bond acceptors (Lipinski definition) is 2. The van der Waals surface area contributed by atoms with Gasteiger partial charge in [0.05, 0.1) is 23.5 Å². The average molecular weight is 491 g/mol. The molecule has 2 rings (SSSR count). The van der Waals surface area contributed by atoms with Crippen LogP contribution in [0.15, 0.2) is 29.3 Å². The summed E-state index contributed by atoms with van der Waals surface area (Å²) in [5.74, 6) is 2.71. The molecule has 9 heteroatoms. The number of rotatable bonds is 4. The van der Waals surface area contributed by atoms with E-state index in [-0.39, 0.29) is 42.6 Å². The van der Waals surface area contributed by atoms with Crippen molar-refractivity contribution in [3.05, 3.63) is 46.8 Å². The number of benzene rings is 1. The van der Waals surface area contributed by atoms with Gasteiger partial charge in [-0.05, 0) is 37.6 Å². The number of guanidine groups is 1. The number of nitrogens with zero attached hydrogens (tertiary/aromatic N) is 3. The highest BCUT2D eigenvalue weighted by Gasteiger charge is 2.33. The van der Waals surface area contributed by atoms with Gasteiger partial charge < -0.3 is 10.6 Å². The van der Waals surface area contributed by atoms with Gasteiger partial charge in [-0.3, -0.25) is 4.99 Å². The smallest absolute Gasteiger partial charge is 0.352 e. The van der Waals surface area contributed by atoms with E-state index in [1.165, 1.54) is 17.8 Å². The molecule has 0 saturated carbocycles. The molecule has 27 heavy (non-hydrogen) atoms. The Hall–Kier alpha value is -2.22. The van der Waals surface area contributed by atoms with Gasteiger partial charge in [-0.15, -0.1) is 30.4 Å². The first-order valence-corrected chi connectivity index (χ1v) is 7.88. The summed E-state index contributed by atoms with van der Waals surface area (Å²) in [5.41, 5.74) is 1.25. The largest absolute Gasteiger partial charge is 0.416 e. The summed E-state index contributed by atoms with van der Waals surface area (Å²) in [6, 6.07) is 5.97. The van der Waals surface area contributed by atoms with E-state index in [9.17, 15) is 13.2 Å². The zero-order chi connectivity index (χ0) is 19.3. The fraction of sp³-hybridized carbons (Fsp3) is 0.333. The third-order valence-corrected chi connectivity index (χ3v) is 3.68. The lowest BCUT2D eigenvalue weighted by Crippen LogP contribution is -2.37. The predicted molar refractivity (Wildman–Crippen MR) is 110 cm³/mol. The lowest BCUT2D eigenvalue weighted by Gasteiger charge is -2.17. The van der Waals surface area contributed by atoms with Crippen LogP contribution in [0.3, 0.4) is 0 Å². The van der Waals surface area contributed by atoms with Crippen molar-refractivity contribution in [2.24, 2.45) is 4.99 Å². The van der Waals surface area contributed by atoms with Crippen LogP contribution in [0.4, 0.5) is 13.2 Å². The van der Waals surface area contributed by atoms with Gasteiger partial charge in [0.2, 0.25) is 0 Å². The maximum Gasteiger partial charge on any atom is 0.416 e. The van der Waals surface area contributed by atoms with Gasteiger partial charge in [0.15, 0.2) is 5.96 Å². The Bertz CT molecular complexity index is 850. The summed E-state index contributed by atoms with van der Waals surface area (Å²) < 4.78 is 42.1. The third kappa shape index (κ3) is 5.89. The number of aromatic nitrogens is 2. The fourth-order valence-electron chi connectivity index (χ4n) is 2.54. The van der Waals surface area contributed by atoms with Crippen LogP contribution < -0.4 is 10.6 Å². The minimum atomic E-state index is -4.49. The van der Waals surface area contributed by atoms with Gasteiger partial charge in [0, 0.05) is 19.3 Å². The lowest BCUT2D eigenvalue weighted by molar-refractivity contribution is -0.138. The second-order valence-corrected chi connectivity index (χ2v) is 5.66. The number of alkyl halides is 3. The number of halogens is 4. The van der Waals surface area contributed by atoms with Crippen LogP contribution in [-0.2, 0) is 12.7 Å². The van der Waals surface area contributed by atoms with Crippen LogP contribution >= 0.6 is 24.0 Å². The van der Waals surface area contributed by atoms with Gasteiger partial charge in [0.1, 0.15) is 0 Å². The van der Waals surface area contributed by atoms with Crippen molar-refractivity contribution in [2.75, 3.05) is 13.6 Å². The number of terminal acetylenes is 1. The molecule has 0 unspecified atom stereocenters. The van der Waals surface area contributed by atoms with Crippen LogP contribution in [0.25, 0.3) is 5.69 Å². The molecule has 5 nitrogen and oxygen atoms in total. The first-order valence-electron chi connectivity index (χ1n) is 7.88. The molecule has 1 aromatic carbocycles. The van der Waals surface area contributed by atoms with E-state index in [1.807, 2.05) is 6.07 Å². The van der Waals surface area contributed by atoms with Crippen LogP contribution in [0.5, 0.6) is 0 Å². The normalized spacial score (nSPS) is 11.5. The molecule has 0 radical (unpaired) electrons. The van der Waals surface area contributed by atoms with Crippen molar-refractivity contribution in [2.45, 2.75) is 26.6 Å². The second-order valence-electron chi connectivity index (χ2n) is 5.66. The number of aryl methyl sites for hydroxylation is 2. The van der Waals surface area contributed by atoms with E-state index < -0.39 is 11.7 Å². The molecular formula is C18H21F3IN5. The highest BCUT2D eigenvalue weighted by molar-refractivity contribution is 14.0. The molecule has 0 aliphatic carbocycles. The molecule has 0 bridgehead atoms. The van der Waals surface area contributed by atoms with Crippen molar-refractivity contribution in [1.29, 1.82) is 0 Å². The summed E-state index contributed by atoms with van der Waals surface area (Å²) in [7, 11) is 1.52. The Balaban J connectivity index is 0.00000364. The molecular weight excluding hydrogens is 470 g/mol. The van der Waals surface area contributed by atoms with E-state index in [1.54, 1.807) is 19.9 Å². The van der Waals surface area contributed by atoms with Crippen molar-refractivity contribution < 1.29 is 13.2 Å². The van der Waals surface area contributed by atoms with Crippen LogP contribution in [0, 0.1) is 26.2 Å². The first-order chi connectivity index (χ1) is 12.3. The zero-order valence-corrected chi connectivity index (χ0v) is 17.5. The first kappa shape index (κ1) is 22.8. The Morgan fingerprint density at radius 2 is 1.96 bits per heavy atom. The molecule has 1 aromatic heterocycles. The van der Waals surface area contributed by atoms with Crippen molar-refractivity contribution in [3.8, 4) is 18.0 Å². The minimum absolute atomic E-state index is 0. The van der Waals surface area contributed by atoms with E-state index in [0.717, 1.165) is 17.5 Å². The maximum absolute atomic E-state index is 13.5. The lowest BCUT2D eigenvalue weighted by atomic mass is 10.1. The van der Waals surface area contributed by atoms with Crippen molar-refractivity contribution in [1.82, 2.24) is 20.4 Å². The highest BCUT2D eigenvalue weighted by atomic mass is 127. The monoisotopic (exact) mass is 491 g/mol. The Morgan fingerprint density at radius 3 is 2.48 bits per heavy atom. The second kappa shape index (κ2) is 9.64. The summed E-state index contributed by atoms with van der Waals surface area (Å²) in [5, 5.41) is 9.87. The molecule has 0 aliphatic rings. The van der Waals surface area contributed by atoms with Gasteiger partial charge in [-0.2, -0.15) is 18.3 Å². The molecule has 2 aromatic rings. The Morgan fingerprint density at radius 1 is 1.26 bits per heavy atom. The van der Waals surface area contributed by atoms with Gasteiger partial charge in [-0.1, -0.05) is 12.0 Å². The number of nitrogens with one attached hydrogen (secondary N) is 2. The average Bonchev–Trinajstić information content (AvgIpc) is 2.92. The quantitative estimate of drug-likeness (QED) is 0.299. The maximum atomic E-state index is 13.5. The minimum Gasteiger partial charge on any atom is -0.352 e. The standard InChI is InChI=1S/C18H20F3N5.HI/c1-5-8-23-17(22-4)24-11-14-6-7-15(10-16(14)18(19,20)21)26-13(3)9-12(2)25-26;/h1,6-7,9-10H,8,11H2,2-4H3,(H2,22,23,24);1H. The van der Waals surface area contributed by atoms with E-state index >= 15 is 0 Å². The zero-order valence-electron chi connectivity index (χ0n) is 15.2. The number of aliphatic imine (C=N–C) groups is 1. The van der Waals surface area contributed by atoms with Crippen molar-refractivity contribution in [3.63, 3.8) is 0 Å². The molecule has 2 N–H and O–H groups in total. The molecule has 0 fully saturated rings. The van der Waals surface area contributed by atoms with Crippen LogP contribution in [0.1, 0.15) is 22.5 Å². The molecule has 0 spiro atoms. The van der Waals surface area contributed by atoms with E-state index in [0.29, 0.717) is 11.6 Å². The highest BCUT2D eigenvalue weighted by Crippen LogP contribution is 2.33. The molecule has 0 aliphatic heterocycles. The summed E-state index contributed by atoms with van der Waals surface area (Å²) in [6.07, 6.45) is 0.666. The fourth-order valence-corrected chi connectivity index (χ4v) is 2.54. The topological polar surface area (TPSA) is 54.2 Å². The molecule has 0 saturated heterocycles. The molecule has 0 amide bonds. The Labute approximate surface area is 173 Å². The predicted octanol–water partition coefficient (Wildman–Crippen LogP) is 3.42. The van der Waals surface area contributed by atoms with Crippen LogP contribution in [-0.4, -0.2) is 29.3 Å². The van der Waals surface area contributed by atoms with Crippen LogP contribution in [0.2, 0.25) is 0 Å². The molecule has 146 valence electrons. The van der Waals surface area contributed by atoms with Gasteiger partial charge >= 0.3 is 6.18 Å². The van der Waals surface area contributed by atoms with Gasteiger partial charge in [-0.25, -0.2) is 4.68 Å². The van der Waals surface area contributed by atoms with Crippen molar-refractivity contribution >= 4 is 29.9 Å². The molecule has 1 heterocycles. The summed E-state index contributed by atoms with van der Waals surface area (Å²) in [4.78, 5) is 3.92. The Kier molecular flexibility index (Phi) is 8.15. The van der Waals surface area contributed by atoms with E-state index in [2.05, 4.69) is 26.6 Å². The SMILES string of the molecule is C#CCNC(=NC)NCc1ccc(-n2nc(C)cc2C)cc1C(F)(F)F.I. The summed E-state index contributed by atoms with van der Waals surface area (Å²) in [6.45, 7) is 3.77. The summed E-state index contributed by atoms with van der Waals surface area (Å²) >= 11 is 0. The third-order valence-electron chi connectivity index (χ3n) is 3.68.